The molecule has 134 valence electrons. The van der Waals surface area contributed by atoms with Crippen LogP contribution in [0.3, 0.4) is 0 Å². The number of carbonyl (C=O) groups excluding carboxylic acids is 1. The molecule has 0 atom stereocenters. The van der Waals surface area contributed by atoms with E-state index >= 15 is 0 Å². The van der Waals surface area contributed by atoms with E-state index in [0.29, 0.717) is 37.6 Å². The zero-order valence-electron chi connectivity index (χ0n) is 14.4. The molecule has 0 aliphatic rings. The van der Waals surface area contributed by atoms with Crippen LogP contribution < -0.4 is 4.90 Å². The summed E-state index contributed by atoms with van der Waals surface area (Å²) in [6, 6.07) is 13.4. The minimum atomic E-state index is 0.0331. The number of halogens is 1. The van der Waals surface area contributed by atoms with Crippen LogP contribution >= 0.6 is 15.9 Å². The number of amides is 1. The van der Waals surface area contributed by atoms with E-state index in [1.165, 1.54) is 4.80 Å². The minimum absolute atomic E-state index is 0.0331. The molecule has 0 fully saturated rings. The quantitative estimate of drug-likeness (QED) is 0.592. The monoisotopic (exact) mass is 414 g/mol. The number of pyridine rings is 1. The highest BCUT2D eigenvalue weighted by molar-refractivity contribution is 9.10. The number of hydrogen-bond donors (Lipinski definition) is 0. The molecule has 0 spiro atoms. The Morgan fingerprint density at radius 2 is 2.00 bits per heavy atom. The first-order chi connectivity index (χ1) is 12.7. The number of carbonyl (C=O) groups is 1. The van der Waals surface area contributed by atoms with Crippen molar-refractivity contribution in [3.8, 4) is 11.4 Å². The van der Waals surface area contributed by atoms with Crippen LogP contribution in [0.1, 0.15) is 19.8 Å². The van der Waals surface area contributed by atoms with Crippen molar-refractivity contribution in [3.05, 3.63) is 53.1 Å². The zero-order chi connectivity index (χ0) is 18.4. The summed E-state index contributed by atoms with van der Waals surface area (Å²) in [4.78, 5) is 20.0. The summed E-state index contributed by atoms with van der Waals surface area (Å²) in [5.41, 5.74) is 0.924. The summed E-state index contributed by atoms with van der Waals surface area (Å²) < 4.78 is 0.885. The molecule has 0 unspecified atom stereocenters. The van der Waals surface area contributed by atoms with Gasteiger partial charge in [-0.05, 0) is 46.6 Å². The first-order valence-corrected chi connectivity index (χ1v) is 9.22. The number of hydrogen-bond acceptors (Lipinski definition) is 5. The smallest absolute Gasteiger partial charge is 0.228 e. The van der Waals surface area contributed by atoms with Crippen molar-refractivity contribution in [1.82, 2.24) is 25.2 Å². The standard InChI is InChI=1S/C18H19BrN6O/c1-2-24(16-11-10-15(19)13-20-16)17(26)9-6-12-25-22-18(21-23-25)14-7-4-3-5-8-14/h3-5,7-8,10-11,13H,2,6,9,12H2,1H3. The lowest BCUT2D eigenvalue weighted by atomic mass is 10.2. The van der Waals surface area contributed by atoms with E-state index in [-0.39, 0.29) is 5.91 Å². The lowest BCUT2D eigenvalue weighted by Gasteiger charge is -2.19. The van der Waals surface area contributed by atoms with Gasteiger partial charge in [-0.3, -0.25) is 9.69 Å². The molecule has 0 saturated carbocycles. The third-order valence-electron chi connectivity index (χ3n) is 3.84. The molecule has 3 rings (SSSR count). The van der Waals surface area contributed by atoms with Crippen LogP contribution in [0, 0.1) is 0 Å². The molecule has 2 aromatic heterocycles. The van der Waals surface area contributed by atoms with Gasteiger partial charge in [-0.15, -0.1) is 10.2 Å². The molecule has 8 heteroatoms. The van der Waals surface area contributed by atoms with E-state index in [0.717, 1.165) is 10.0 Å². The maximum Gasteiger partial charge on any atom is 0.228 e. The Labute approximate surface area is 160 Å². The average molecular weight is 415 g/mol. The Balaban J connectivity index is 1.55. The first kappa shape index (κ1) is 18.2. The van der Waals surface area contributed by atoms with Gasteiger partial charge in [-0.1, -0.05) is 30.3 Å². The predicted octanol–water partition coefficient (Wildman–Crippen LogP) is 3.33. The van der Waals surface area contributed by atoms with Crippen LogP contribution in [0.5, 0.6) is 0 Å². The summed E-state index contributed by atoms with van der Waals surface area (Å²) in [6.07, 6.45) is 2.72. The number of benzene rings is 1. The second-order valence-corrected chi connectivity index (χ2v) is 6.57. The fraction of sp³-hybridized carbons (Fsp3) is 0.278. The van der Waals surface area contributed by atoms with Gasteiger partial charge in [0.1, 0.15) is 5.82 Å². The number of tetrazole rings is 1. The van der Waals surface area contributed by atoms with Gasteiger partial charge in [-0.25, -0.2) is 4.98 Å². The molecule has 7 nitrogen and oxygen atoms in total. The highest BCUT2D eigenvalue weighted by Crippen LogP contribution is 2.16. The van der Waals surface area contributed by atoms with Gasteiger partial charge < -0.3 is 0 Å². The molecule has 0 N–H and O–H groups in total. The van der Waals surface area contributed by atoms with Crippen molar-refractivity contribution in [1.29, 1.82) is 0 Å². The maximum atomic E-state index is 12.5. The topological polar surface area (TPSA) is 76.8 Å². The summed E-state index contributed by atoms with van der Waals surface area (Å²) >= 11 is 3.35. The SMILES string of the molecule is CCN(C(=O)CCCn1nnc(-c2ccccc2)n1)c1ccc(Br)cn1. The Bertz CT molecular complexity index is 850. The van der Waals surface area contributed by atoms with Gasteiger partial charge in [0.25, 0.3) is 0 Å². The number of aryl methyl sites for hydroxylation is 1. The zero-order valence-corrected chi connectivity index (χ0v) is 16.0. The molecule has 0 aliphatic carbocycles. The van der Waals surface area contributed by atoms with Crippen LogP contribution in [-0.2, 0) is 11.3 Å². The summed E-state index contributed by atoms with van der Waals surface area (Å²) in [7, 11) is 0. The maximum absolute atomic E-state index is 12.5. The van der Waals surface area contributed by atoms with Gasteiger partial charge in [0.05, 0.1) is 6.54 Å². The molecule has 1 amide bonds. The lowest BCUT2D eigenvalue weighted by molar-refractivity contribution is -0.118. The van der Waals surface area contributed by atoms with Crippen molar-refractivity contribution in [3.63, 3.8) is 0 Å². The van der Waals surface area contributed by atoms with E-state index < -0.39 is 0 Å². The van der Waals surface area contributed by atoms with Crippen LogP contribution in [0.25, 0.3) is 11.4 Å². The van der Waals surface area contributed by atoms with E-state index in [1.54, 1.807) is 11.1 Å². The third-order valence-corrected chi connectivity index (χ3v) is 4.31. The number of anilines is 1. The minimum Gasteiger partial charge on any atom is -0.297 e. The van der Waals surface area contributed by atoms with Crippen LogP contribution in [0.15, 0.2) is 53.1 Å². The molecular formula is C18H19BrN6O. The lowest BCUT2D eigenvalue weighted by Crippen LogP contribution is -2.31. The van der Waals surface area contributed by atoms with Gasteiger partial charge in [0.2, 0.25) is 11.7 Å². The molecule has 0 radical (unpaired) electrons. The van der Waals surface area contributed by atoms with Gasteiger partial charge in [-0.2, -0.15) is 4.80 Å². The highest BCUT2D eigenvalue weighted by atomic mass is 79.9. The Kier molecular flexibility index (Phi) is 6.06. The molecule has 0 saturated heterocycles. The van der Waals surface area contributed by atoms with Crippen molar-refractivity contribution >= 4 is 27.7 Å². The second-order valence-electron chi connectivity index (χ2n) is 5.65. The molecule has 1 aromatic carbocycles. The average Bonchev–Trinajstić information content (AvgIpc) is 3.13. The molecule has 26 heavy (non-hydrogen) atoms. The normalized spacial score (nSPS) is 10.7. The van der Waals surface area contributed by atoms with E-state index in [9.17, 15) is 4.79 Å². The number of nitrogens with zero attached hydrogens (tertiary/aromatic N) is 6. The highest BCUT2D eigenvalue weighted by Gasteiger charge is 2.15. The fourth-order valence-corrected chi connectivity index (χ4v) is 2.78. The number of aromatic nitrogens is 5. The summed E-state index contributed by atoms with van der Waals surface area (Å²) in [5, 5.41) is 12.5. The number of rotatable bonds is 7. The van der Waals surface area contributed by atoms with Gasteiger partial charge >= 0.3 is 0 Å². The van der Waals surface area contributed by atoms with Crippen LogP contribution in [0.2, 0.25) is 0 Å². The molecule has 0 bridgehead atoms. The van der Waals surface area contributed by atoms with Crippen molar-refractivity contribution in [2.75, 3.05) is 11.4 Å². The van der Waals surface area contributed by atoms with E-state index in [2.05, 4.69) is 36.3 Å². The molecular weight excluding hydrogens is 396 g/mol. The fourth-order valence-electron chi connectivity index (χ4n) is 2.54. The van der Waals surface area contributed by atoms with Crippen LogP contribution in [-0.4, -0.2) is 37.6 Å². The Morgan fingerprint density at radius 1 is 1.19 bits per heavy atom. The molecule has 3 aromatic rings. The third kappa shape index (κ3) is 4.51. The van der Waals surface area contributed by atoms with E-state index in [1.807, 2.05) is 49.4 Å². The van der Waals surface area contributed by atoms with Crippen LogP contribution in [0.4, 0.5) is 5.82 Å². The van der Waals surface area contributed by atoms with Crippen molar-refractivity contribution in [2.45, 2.75) is 26.3 Å². The predicted molar refractivity (Wildman–Crippen MR) is 102 cm³/mol. The molecule has 2 heterocycles. The van der Waals surface area contributed by atoms with Crippen molar-refractivity contribution < 1.29 is 4.79 Å². The largest absolute Gasteiger partial charge is 0.297 e. The molecule has 0 aliphatic heterocycles. The van der Waals surface area contributed by atoms with Crippen molar-refractivity contribution in [2.24, 2.45) is 0 Å². The summed E-state index contributed by atoms with van der Waals surface area (Å²) in [5.74, 6) is 1.28. The van der Waals surface area contributed by atoms with E-state index in [4.69, 9.17) is 0 Å². The van der Waals surface area contributed by atoms with Gasteiger partial charge in [0.15, 0.2) is 0 Å². The summed E-state index contributed by atoms with van der Waals surface area (Å²) in [6.45, 7) is 3.05. The second kappa shape index (κ2) is 8.66. The Morgan fingerprint density at radius 3 is 2.69 bits per heavy atom. The van der Waals surface area contributed by atoms with Gasteiger partial charge in [0, 0.05) is 29.2 Å². The Hall–Kier alpha value is -2.61. The first-order valence-electron chi connectivity index (χ1n) is 8.42.